The predicted octanol–water partition coefficient (Wildman–Crippen LogP) is 2.22. The van der Waals surface area contributed by atoms with Crippen LogP contribution in [0.3, 0.4) is 0 Å². The van der Waals surface area contributed by atoms with Crippen LogP contribution in [-0.2, 0) is 0 Å². The molecular weight excluding hydrogens is 283 g/mol. The van der Waals surface area contributed by atoms with Crippen LogP contribution in [0.4, 0.5) is 0 Å². The van der Waals surface area contributed by atoms with Crippen LogP contribution < -0.4 is 0 Å². The lowest BCUT2D eigenvalue weighted by atomic mass is 10.0. The molecule has 1 aromatic carbocycles. The van der Waals surface area contributed by atoms with E-state index in [-0.39, 0.29) is 10.8 Å². The molecule has 0 fully saturated rings. The largest absolute Gasteiger partial charge is 0.506 e. The maximum Gasteiger partial charge on any atom is 0.134 e. The molecule has 0 amide bonds. The van der Waals surface area contributed by atoms with Crippen LogP contribution in [0.25, 0.3) is 0 Å². The fourth-order valence-corrected chi connectivity index (χ4v) is 1.86. The lowest BCUT2D eigenvalue weighted by Gasteiger charge is -2.17. The minimum absolute atomic E-state index is 0.0393. The lowest BCUT2D eigenvalue weighted by molar-refractivity contribution is 0.0173. The molecule has 0 saturated carbocycles. The molecule has 3 nitrogen and oxygen atoms in total. The smallest absolute Gasteiger partial charge is 0.134 e. The predicted molar refractivity (Wildman–Crippen MR) is 62.5 cm³/mol. The minimum atomic E-state index is -0.986. The quantitative estimate of drug-likeness (QED) is 0.747. The summed E-state index contributed by atoms with van der Waals surface area (Å²) in [6.07, 6.45) is -1.38. The highest BCUT2D eigenvalue weighted by Gasteiger charge is 2.18. The first-order valence-electron chi connectivity index (χ1n) is 4.46. The van der Waals surface area contributed by atoms with Gasteiger partial charge in [-0.15, -0.1) is 0 Å². The number of aliphatic hydroxyl groups excluding tert-OH is 2. The van der Waals surface area contributed by atoms with Gasteiger partial charge in [0.15, 0.2) is 0 Å². The average molecular weight is 296 g/mol. The molecule has 0 aliphatic carbocycles. The van der Waals surface area contributed by atoms with E-state index in [0.717, 1.165) is 0 Å². The van der Waals surface area contributed by atoms with Crippen molar-refractivity contribution >= 4 is 27.5 Å². The standard InChI is InChI=1S/C10H12BrClO3/c11-4-3-9(14)10(15)6-1-2-8(13)7(12)5-6/h1-2,5,9-10,13-15H,3-4H2. The van der Waals surface area contributed by atoms with Gasteiger partial charge in [0, 0.05) is 5.33 Å². The van der Waals surface area contributed by atoms with Gasteiger partial charge in [-0.25, -0.2) is 0 Å². The number of phenolic OH excluding ortho intramolecular Hbond substituents is 1. The molecule has 1 aromatic rings. The van der Waals surface area contributed by atoms with Crippen LogP contribution in [-0.4, -0.2) is 26.8 Å². The Kier molecular flexibility index (Phi) is 4.86. The van der Waals surface area contributed by atoms with Gasteiger partial charge in [-0.2, -0.15) is 0 Å². The van der Waals surface area contributed by atoms with E-state index in [0.29, 0.717) is 17.3 Å². The Labute approximate surface area is 101 Å². The number of rotatable bonds is 4. The normalized spacial score (nSPS) is 14.9. The summed E-state index contributed by atoms with van der Waals surface area (Å²) in [7, 11) is 0. The van der Waals surface area contributed by atoms with Gasteiger partial charge in [0.2, 0.25) is 0 Å². The summed E-state index contributed by atoms with van der Waals surface area (Å²) in [5.41, 5.74) is 0.492. The van der Waals surface area contributed by atoms with Crippen molar-refractivity contribution in [1.29, 1.82) is 0 Å². The second kappa shape index (κ2) is 5.70. The third-order valence-corrected chi connectivity index (χ3v) is 2.84. The molecule has 0 aromatic heterocycles. The van der Waals surface area contributed by atoms with Gasteiger partial charge in [-0.3, -0.25) is 0 Å². The Morgan fingerprint density at radius 2 is 2.00 bits per heavy atom. The van der Waals surface area contributed by atoms with Gasteiger partial charge in [0.25, 0.3) is 0 Å². The van der Waals surface area contributed by atoms with Crippen LogP contribution >= 0.6 is 27.5 Å². The van der Waals surface area contributed by atoms with E-state index in [1.54, 1.807) is 0 Å². The molecule has 0 spiro atoms. The van der Waals surface area contributed by atoms with Crippen molar-refractivity contribution in [2.75, 3.05) is 5.33 Å². The monoisotopic (exact) mass is 294 g/mol. The Bertz CT molecular complexity index is 332. The summed E-state index contributed by atoms with van der Waals surface area (Å²) in [4.78, 5) is 0. The average Bonchev–Trinajstić information content (AvgIpc) is 2.21. The Morgan fingerprint density at radius 3 is 2.53 bits per heavy atom. The van der Waals surface area contributed by atoms with Gasteiger partial charge in [-0.1, -0.05) is 33.6 Å². The molecule has 0 aliphatic heterocycles. The summed E-state index contributed by atoms with van der Waals surface area (Å²) in [5.74, 6) is -0.0393. The highest BCUT2D eigenvalue weighted by Crippen LogP contribution is 2.28. The second-order valence-corrected chi connectivity index (χ2v) is 4.40. The fraction of sp³-hybridized carbons (Fsp3) is 0.400. The molecule has 0 heterocycles. The number of hydrogen-bond acceptors (Lipinski definition) is 3. The number of aliphatic hydroxyl groups is 2. The number of benzene rings is 1. The van der Waals surface area contributed by atoms with Gasteiger partial charge >= 0.3 is 0 Å². The van der Waals surface area contributed by atoms with E-state index in [1.165, 1.54) is 18.2 Å². The van der Waals surface area contributed by atoms with Crippen LogP contribution in [0.1, 0.15) is 18.1 Å². The van der Waals surface area contributed by atoms with Crippen LogP contribution in [0.2, 0.25) is 5.02 Å². The summed E-state index contributed by atoms with van der Waals surface area (Å²) in [5, 5.41) is 29.2. The van der Waals surface area contributed by atoms with E-state index in [2.05, 4.69) is 15.9 Å². The zero-order valence-electron chi connectivity index (χ0n) is 7.90. The number of hydrogen-bond donors (Lipinski definition) is 3. The third kappa shape index (κ3) is 3.34. The van der Waals surface area contributed by atoms with E-state index < -0.39 is 12.2 Å². The number of alkyl halides is 1. The molecule has 0 bridgehead atoms. The SMILES string of the molecule is Oc1ccc(C(O)C(O)CCBr)cc1Cl. The molecule has 1 rings (SSSR count). The van der Waals surface area contributed by atoms with Crippen molar-refractivity contribution in [2.24, 2.45) is 0 Å². The molecule has 84 valence electrons. The first kappa shape index (κ1) is 12.8. The van der Waals surface area contributed by atoms with Gasteiger partial charge in [0.1, 0.15) is 11.9 Å². The molecule has 3 N–H and O–H groups in total. The summed E-state index contributed by atoms with van der Waals surface area (Å²) >= 11 is 8.87. The van der Waals surface area contributed by atoms with Crippen LogP contribution in [0.15, 0.2) is 18.2 Å². The van der Waals surface area contributed by atoms with Gasteiger partial charge < -0.3 is 15.3 Å². The Morgan fingerprint density at radius 1 is 1.33 bits per heavy atom. The highest BCUT2D eigenvalue weighted by atomic mass is 79.9. The summed E-state index contributed by atoms with van der Waals surface area (Å²) in [6.45, 7) is 0. The Hall–Kier alpha value is -0.290. The fourth-order valence-electron chi connectivity index (χ4n) is 1.20. The molecule has 2 atom stereocenters. The molecule has 15 heavy (non-hydrogen) atoms. The van der Waals surface area contributed by atoms with Crippen LogP contribution in [0, 0.1) is 0 Å². The lowest BCUT2D eigenvalue weighted by Crippen LogP contribution is -2.18. The van der Waals surface area contributed by atoms with Crippen LogP contribution in [0.5, 0.6) is 5.75 Å². The molecule has 0 radical (unpaired) electrons. The number of phenols is 1. The zero-order chi connectivity index (χ0) is 11.4. The van der Waals surface area contributed by atoms with Crippen molar-refractivity contribution in [2.45, 2.75) is 18.6 Å². The van der Waals surface area contributed by atoms with Crippen molar-refractivity contribution in [1.82, 2.24) is 0 Å². The zero-order valence-corrected chi connectivity index (χ0v) is 10.2. The first-order chi connectivity index (χ1) is 7.06. The molecule has 0 aliphatic rings. The van der Waals surface area contributed by atoms with Crippen molar-refractivity contribution in [3.05, 3.63) is 28.8 Å². The van der Waals surface area contributed by atoms with Crippen molar-refractivity contribution in [3.63, 3.8) is 0 Å². The molecule has 2 unspecified atom stereocenters. The summed E-state index contributed by atoms with van der Waals surface area (Å²) < 4.78 is 0. The van der Waals surface area contributed by atoms with Gasteiger partial charge in [-0.05, 0) is 24.1 Å². The maximum absolute atomic E-state index is 9.72. The number of aromatic hydroxyl groups is 1. The molecule has 5 heteroatoms. The minimum Gasteiger partial charge on any atom is -0.506 e. The maximum atomic E-state index is 9.72. The van der Waals surface area contributed by atoms with E-state index in [1.807, 2.05) is 0 Å². The Balaban J connectivity index is 2.81. The van der Waals surface area contributed by atoms with Crippen molar-refractivity contribution < 1.29 is 15.3 Å². The molecular formula is C10H12BrClO3. The highest BCUT2D eigenvalue weighted by molar-refractivity contribution is 9.09. The first-order valence-corrected chi connectivity index (χ1v) is 5.96. The third-order valence-electron chi connectivity index (χ3n) is 2.08. The van der Waals surface area contributed by atoms with Gasteiger partial charge in [0.05, 0.1) is 11.1 Å². The number of halogens is 2. The summed E-state index contributed by atoms with van der Waals surface area (Å²) in [6, 6.07) is 4.37. The topological polar surface area (TPSA) is 60.7 Å². The van der Waals surface area contributed by atoms with E-state index in [4.69, 9.17) is 11.6 Å². The van der Waals surface area contributed by atoms with E-state index in [9.17, 15) is 15.3 Å². The molecule has 0 saturated heterocycles. The second-order valence-electron chi connectivity index (χ2n) is 3.20. The van der Waals surface area contributed by atoms with Crippen molar-refractivity contribution in [3.8, 4) is 5.75 Å². The van der Waals surface area contributed by atoms with E-state index >= 15 is 0 Å².